The first-order valence-electron chi connectivity index (χ1n) is 7.02. The molecule has 0 aromatic carbocycles. The quantitative estimate of drug-likeness (QED) is 0.820. The van der Waals surface area contributed by atoms with Crippen molar-refractivity contribution in [3.8, 4) is 0 Å². The summed E-state index contributed by atoms with van der Waals surface area (Å²) in [5.41, 5.74) is 1.81. The Morgan fingerprint density at radius 2 is 2.05 bits per heavy atom. The molecule has 0 saturated heterocycles. The molecule has 0 fully saturated rings. The Kier molecular flexibility index (Phi) is 4.69. The molecule has 0 aliphatic heterocycles. The molecular weight excluding hydrogens is 281 g/mol. The molecule has 1 N–H and O–H groups in total. The maximum Gasteiger partial charge on any atom is 0.389 e. The number of alkyl halides is 3. The van der Waals surface area contributed by atoms with Crippen molar-refractivity contribution in [3.05, 3.63) is 24.2 Å². The van der Waals surface area contributed by atoms with Crippen LogP contribution in [0.2, 0.25) is 0 Å². The molecule has 2 heterocycles. The van der Waals surface area contributed by atoms with Crippen LogP contribution in [0.15, 0.2) is 18.5 Å². The van der Waals surface area contributed by atoms with Crippen molar-refractivity contribution in [3.63, 3.8) is 0 Å². The summed E-state index contributed by atoms with van der Waals surface area (Å²) < 4.78 is 37.9. The largest absolute Gasteiger partial charge is 0.389 e. The van der Waals surface area contributed by atoms with Crippen LogP contribution in [0.1, 0.15) is 44.7 Å². The number of hydrogen-bond donors (Lipinski definition) is 1. The molecule has 0 unspecified atom stereocenters. The standard InChI is InChI=1S/C14H19F3N4/c1-10(2)11-9-12-13(19-7-8-21(12)20-11)18-6-4-3-5-14(15,16)17/h7-10H,3-6H2,1-2H3,(H,18,19). The first kappa shape index (κ1) is 15.6. The number of aromatic nitrogens is 3. The Labute approximate surface area is 121 Å². The van der Waals surface area contributed by atoms with Crippen molar-refractivity contribution < 1.29 is 13.2 Å². The van der Waals surface area contributed by atoms with Crippen LogP contribution in [0.25, 0.3) is 5.52 Å². The van der Waals surface area contributed by atoms with Gasteiger partial charge >= 0.3 is 6.18 Å². The fraction of sp³-hybridized carbons (Fsp3) is 0.571. The minimum absolute atomic E-state index is 0.121. The van der Waals surface area contributed by atoms with Gasteiger partial charge in [0.1, 0.15) is 5.52 Å². The molecule has 0 spiro atoms. The van der Waals surface area contributed by atoms with Crippen molar-refractivity contribution in [1.29, 1.82) is 0 Å². The summed E-state index contributed by atoms with van der Waals surface area (Å²) in [6.45, 7) is 4.57. The Hall–Kier alpha value is -1.79. The van der Waals surface area contributed by atoms with Crippen LogP contribution in [0, 0.1) is 0 Å². The lowest BCUT2D eigenvalue weighted by Crippen LogP contribution is -2.09. The van der Waals surface area contributed by atoms with E-state index in [9.17, 15) is 13.2 Å². The molecule has 0 atom stereocenters. The third-order valence-corrected chi connectivity index (χ3v) is 3.18. The lowest BCUT2D eigenvalue weighted by Gasteiger charge is -2.08. The van der Waals surface area contributed by atoms with Crippen LogP contribution in [-0.2, 0) is 0 Å². The fourth-order valence-electron chi connectivity index (χ4n) is 2.02. The van der Waals surface area contributed by atoms with E-state index in [-0.39, 0.29) is 6.42 Å². The van der Waals surface area contributed by atoms with Crippen molar-refractivity contribution in [2.75, 3.05) is 11.9 Å². The highest BCUT2D eigenvalue weighted by molar-refractivity contribution is 5.67. The van der Waals surface area contributed by atoms with Gasteiger partial charge in [0.25, 0.3) is 0 Å². The van der Waals surface area contributed by atoms with Gasteiger partial charge in [-0.2, -0.15) is 18.3 Å². The van der Waals surface area contributed by atoms with Gasteiger partial charge in [-0.05, 0) is 24.8 Å². The van der Waals surface area contributed by atoms with Crippen LogP contribution < -0.4 is 5.32 Å². The zero-order valence-corrected chi connectivity index (χ0v) is 12.1. The highest BCUT2D eigenvalue weighted by Gasteiger charge is 2.25. The molecule has 116 valence electrons. The van der Waals surface area contributed by atoms with E-state index < -0.39 is 12.6 Å². The van der Waals surface area contributed by atoms with E-state index in [0.29, 0.717) is 24.7 Å². The SMILES string of the molecule is CC(C)c1cc2c(NCCCCC(F)(F)F)nccn2n1. The second kappa shape index (κ2) is 6.32. The highest BCUT2D eigenvalue weighted by Crippen LogP contribution is 2.23. The topological polar surface area (TPSA) is 42.2 Å². The van der Waals surface area contributed by atoms with Gasteiger partial charge in [0.05, 0.1) is 5.69 Å². The third-order valence-electron chi connectivity index (χ3n) is 3.18. The van der Waals surface area contributed by atoms with Crippen LogP contribution in [-0.4, -0.2) is 27.3 Å². The molecule has 2 aromatic rings. The molecule has 2 rings (SSSR count). The smallest absolute Gasteiger partial charge is 0.368 e. The summed E-state index contributed by atoms with van der Waals surface area (Å²) in [6.07, 6.45) is -0.853. The summed E-state index contributed by atoms with van der Waals surface area (Å²) >= 11 is 0. The van der Waals surface area contributed by atoms with Gasteiger partial charge in [0.15, 0.2) is 5.82 Å². The first-order valence-corrected chi connectivity index (χ1v) is 7.02. The summed E-state index contributed by atoms with van der Waals surface area (Å²) in [7, 11) is 0. The van der Waals surface area contributed by atoms with Crippen LogP contribution in [0.3, 0.4) is 0 Å². The first-order chi connectivity index (χ1) is 9.87. The minimum Gasteiger partial charge on any atom is -0.368 e. The Morgan fingerprint density at radius 1 is 1.29 bits per heavy atom. The molecule has 2 aromatic heterocycles. The van der Waals surface area contributed by atoms with Crippen molar-refractivity contribution in [2.45, 2.75) is 45.2 Å². The minimum atomic E-state index is -4.07. The van der Waals surface area contributed by atoms with Crippen molar-refractivity contribution in [2.24, 2.45) is 0 Å². The molecule has 0 amide bonds. The van der Waals surface area contributed by atoms with E-state index in [2.05, 4.69) is 29.2 Å². The molecule has 0 saturated carbocycles. The number of halogens is 3. The molecule has 0 aliphatic carbocycles. The molecule has 7 heteroatoms. The van der Waals surface area contributed by atoms with E-state index >= 15 is 0 Å². The lowest BCUT2D eigenvalue weighted by molar-refractivity contribution is -0.135. The maximum atomic E-state index is 12.0. The predicted molar refractivity (Wildman–Crippen MR) is 75.5 cm³/mol. The number of unbranched alkanes of at least 4 members (excludes halogenated alkanes) is 1. The zero-order valence-electron chi connectivity index (χ0n) is 12.1. The lowest BCUT2D eigenvalue weighted by atomic mass is 10.1. The summed E-state index contributed by atoms with van der Waals surface area (Å²) in [5, 5.41) is 7.52. The van der Waals surface area contributed by atoms with Gasteiger partial charge < -0.3 is 5.32 Å². The van der Waals surface area contributed by atoms with E-state index in [1.54, 1.807) is 16.9 Å². The van der Waals surface area contributed by atoms with Crippen molar-refractivity contribution in [1.82, 2.24) is 14.6 Å². The molecule has 0 bridgehead atoms. The molecule has 4 nitrogen and oxygen atoms in total. The average Bonchev–Trinajstić information content (AvgIpc) is 2.82. The Morgan fingerprint density at radius 3 is 2.71 bits per heavy atom. The van der Waals surface area contributed by atoms with Crippen LogP contribution in [0.5, 0.6) is 0 Å². The van der Waals surface area contributed by atoms with Crippen LogP contribution >= 0.6 is 0 Å². The maximum absolute atomic E-state index is 12.0. The number of hydrogen-bond acceptors (Lipinski definition) is 3. The normalized spacial score (nSPS) is 12.3. The van der Waals surface area contributed by atoms with Gasteiger partial charge in [0.2, 0.25) is 0 Å². The van der Waals surface area contributed by atoms with E-state index in [1.807, 2.05) is 6.07 Å². The second-order valence-electron chi connectivity index (χ2n) is 5.33. The number of rotatable bonds is 6. The second-order valence-corrected chi connectivity index (χ2v) is 5.33. The van der Waals surface area contributed by atoms with Gasteiger partial charge in [0, 0.05) is 25.4 Å². The van der Waals surface area contributed by atoms with Crippen LogP contribution in [0.4, 0.5) is 19.0 Å². The highest BCUT2D eigenvalue weighted by atomic mass is 19.4. The number of nitrogens with zero attached hydrogens (tertiary/aromatic N) is 3. The Bertz CT molecular complexity index is 589. The molecule has 0 aliphatic rings. The monoisotopic (exact) mass is 300 g/mol. The average molecular weight is 300 g/mol. The van der Waals surface area contributed by atoms with E-state index in [4.69, 9.17) is 0 Å². The summed E-state index contributed by atoms with van der Waals surface area (Å²) in [5.74, 6) is 0.966. The van der Waals surface area contributed by atoms with E-state index in [1.165, 1.54) is 0 Å². The molecular formula is C14H19F3N4. The third kappa shape index (κ3) is 4.34. The Balaban J connectivity index is 1.96. The van der Waals surface area contributed by atoms with E-state index in [0.717, 1.165) is 11.2 Å². The number of nitrogens with one attached hydrogen (secondary N) is 1. The van der Waals surface area contributed by atoms with Gasteiger partial charge in [-0.1, -0.05) is 13.8 Å². The number of fused-ring (bicyclic) bond motifs is 1. The molecule has 0 radical (unpaired) electrons. The van der Waals surface area contributed by atoms with Gasteiger partial charge in [-0.25, -0.2) is 9.50 Å². The fourth-order valence-corrected chi connectivity index (χ4v) is 2.02. The summed E-state index contributed by atoms with van der Waals surface area (Å²) in [4.78, 5) is 4.23. The number of anilines is 1. The van der Waals surface area contributed by atoms with Crippen molar-refractivity contribution >= 4 is 11.3 Å². The summed E-state index contributed by atoms with van der Waals surface area (Å²) in [6, 6.07) is 1.95. The molecule has 21 heavy (non-hydrogen) atoms. The zero-order chi connectivity index (χ0) is 15.5. The predicted octanol–water partition coefficient (Wildman–Crippen LogP) is 4.00. The van der Waals surface area contributed by atoms with Gasteiger partial charge in [-0.15, -0.1) is 0 Å². The van der Waals surface area contributed by atoms with Gasteiger partial charge in [-0.3, -0.25) is 0 Å².